The Bertz CT molecular complexity index is 510. The Morgan fingerprint density at radius 2 is 2.00 bits per heavy atom. The molecule has 0 saturated carbocycles. The van der Waals surface area contributed by atoms with Gasteiger partial charge in [-0.2, -0.15) is 5.26 Å². The van der Waals surface area contributed by atoms with Crippen LogP contribution >= 0.6 is 0 Å². The highest BCUT2D eigenvalue weighted by Gasteiger charge is 2.39. The largest absolute Gasteiger partial charge is 0.297 e. The first-order valence-corrected chi connectivity index (χ1v) is 6.73. The van der Waals surface area contributed by atoms with E-state index >= 15 is 0 Å². The maximum absolute atomic E-state index is 14.0. The summed E-state index contributed by atoms with van der Waals surface area (Å²) in [4.78, 5) is 2.27. The molecular formula is C16H21FN2. The normalized spacial score (nSPS) is 24.4. The van der Waals surface area contributed by atoms with Crippen LogP contribution in [0.15, 0.2) is 18.2 Å². The Hall–Kier alpha value is -1.40. The second kappa shape index (κ2) is 4.94. The molecule has 0 aliphatic carbocycles. The Morgan fingerprint density at radius 3 is 2.58 bits per heavy atom. The van der Waals surface area contributed by atoms with Gasteiger partial charge in [0.25, 0.3) is 0 Å². The van der Waals surface area contributed by atoms with Crippen LogP contribution in [0.4, 0.5) is 4.39 Å². The highest BCUT2D eigenvalue weighted by atomic mass is 19.1. The van der Waals surface area contributed by atoms with Crippen molar-refractivity contribution < 1.29 is 4.39 Å². The van der Waals surface area contributed by atoms with Crippen molar-refractivity contribution in [2.45, 2.75) is 39.2 Å². The van der Waals surface area contributed by atoms with Gasteiger partial charge in [0.2, 0.25) is 0 Å². The lowest BCUT2D eigenvalue weighted by molar-refractivity contribution is 0.170. The molecule has 2 rings (SSSR count). The van der Waals surface area contributed by atoms with E-state index in [1.165, 1.54) is 6.07 Å². The van der Waals surface area contributed by atoms with Crippen LogP contribution in [0, 0.1) is 30.0 Å². The van der Waals surface area contributed by atoms with Gasteiger partial charge in [0.15, 0.2) is 0 Å². The molecule has 0 N–H and O–H groups in total. The lowest BCUT2D eigenvalue weighted by atomic mass is 9.89. The fourth-order valence-corrected chi connectivity index (χ4v) is 2.74. The average molecular weight is 260 g/mol. The van der Waals surface area contributed by atoms with Crippen molar-refractivity contribution in [1.82, 2.24) is 4.90 Å². The molecule has 2 atom stereocenters. The third-order valence-electron chi connectivity index (χ3n) is 3.99. The van der Waals surface area contributed by atoms with Crippen molar-refractivity contribution >= 4 is 0 Å². The highest BCUT2D eigenvalue weighted by molar-refractivity contribution is 5.30. The molecule has 1 heterocycles. The molecule has 0 radical (unpaired) electrons. The maximum atomic E-state index is 14.0. The molecule has 1 aromatic rings. The van der Waals surface area contributed by atoms with Gasteiger partial charge in [0.05, 0.1) is 12.0 Å². The monoisotopic (exact) mass is 260 g/mol. The number of rotatable bonds is 1. The minimum Gasteiger partial charge on any atom is -0.297 e. The molecular weight excluding hydrogens is 239 g/mol. The topological polar surface area (TPSA) is 27.0 Å². The first kappa shape index (κ1) is 14.0. The quantitative estimate of drug-likeness (QED) is 0.773. The Labute approximate surface area is 114 Å². The first-order valence-electron chi connectivity index (χ1n) is 6.73. The molecule has 3 heteroatoms. The molecule has 102 valence electrons. The van der Waals surface area contributed by atoms with Gasteiger partial charge in [0.1, 0.15) is 5.82 Å². The van der Waals surface area contributed by atoms with Crippen molar-refractivity contribution in [1.29, 1.82) is 5.26 Å². The van der Waals surface area contributed by atoms with Crippen molar-refractivity contribution in [3.63, 3.8) is 0 Å². The van der Waals surface area contributed by atoms with Gasteiger partial charge in [-0.05, 0) is 39.3 Å². The van der Waals surface area contributed by atoms with Crippen LogP contribution in [0.5, 0.6) is 0 Å². The minimum atomic E-state index is -0.188. The Kier molecular flexibility index (Phi) is 3.64. The molecule has 2 nitrogen and oxygen atoms in total. The summed E-state index contributed by atoms with van der Waals surface area (Å²) in [6.45, 7) is 9.84. The predicted molar refractivity (Wildman–Crippen MR) is 74.3 cm³/mol. The zero-order valence-corrected chi connectivity index (χ0v) is 12.1. The van der Waals surface area contributed by atoms with E-state index in [1.54, 1.807) is 6.07 Å². The molecule has 1 aromatic carbocycles. The molecule has 1 fully saturated rings. The first-order chi connectivity index (χ1) is 8.82. The number of hydrogen-bond acceptors (Lipinski definition) is 2. The van der Waals surface area contributed by atoms with Gasteiger partial charge in [-0.3, -0.25) is 4.90 Å². The summed E-state index contributed by atoms with van der Waals surface area (Å²) in [5, 5.41) is 9.34. The van der Waals surface area contributed by atoms with Crippen LogP contribution < -0.4 is 0 Å². The Morgan fingerprint density at radius 1 is 1.32 bits per heavy atom. The summed E-state index contributed by atoms with van der Waals surface area (Å²) < 4.78 is 14.0. The van der Waals surface area contributed by atoms with Gasteiger partial charge >= 0.3 is 0 Å². The third kappa shape index (κ3) is 2.79. The summed E-state index contributed by atoms with van der Waals surface area (Å²) in [5.74, 6) is -0.341. The molecule has 0 amide bonds. The average Bonchev–Trinajstić information content (AvgIpc) is 2.76. The molecule has 1 saturated heterocycles. The zero-order valence-electron chi connectivity index (χ0n) is 12.1. The maximum Gasteiger partial charge on any atom is 0.126 e. The van der Waals surface area contributed by atoms with Crippen molar-refractivity contribution in [3.8, 4) is 6.07 Å². The fourth-order valence-electron chi connectivity index (χ4n) is 2.74. The van der Waals surface area contributed by atoms with E-state index in [0.717, 1.165) is 18.7 Å². The zero-order chi connectivity index (χ0) is 14.2. The van der Waals surface area contributed by atoms with Crippen molar-refractivity contribution in [3.05, 3.63) is 35.1 Å². The SMILES string of the molecule is Cc1ccc(F)c([C@@H]2CN(C(C)(C)C)C[C@H]2C#N)c1. The second-order valence-corrected chi connectivity index (χ2v) is 6.44. The van der Waals surface area contributed by atoms with Crippen LogP contribution in [-0.4, -0.2) is 23.5 Å². The summed E-state index contributed by atoms with van der Waals surface area (Å²) in [7, 11) is 0. The third-order valence-corrected chi connectivity index (χ3v) is 3.99. The molecule has 1 aliphatic rings. The number of nitriles is 1. The number of benzene rings is 1. The van der Waals surface area contributed by atoms with Crippen LogP contribution in [0.3, 0.4) is 0 Å². The molecule has 0 unspecified atom stereocenters. The highest BCUT2D eigenvalue weighted by Crippen LogP contribution is 2.37. The number of likely N-dealkylation sites (tertiary alicyclic amines) is 1. The summed E-state index contributed by atoms with van der Waals surface area (Å²) in [5.41, 5.74) is 1.75. The lowest BCUT2D eigenvalue weighted by Crippen LogP contribution is -2.39. The summed E-state index contributed by atoms with van der Waals surface area (Å²) in [6, 6.07) is 7.53. The van der Waals surface area contributed by atoms with Gasteiger partial charge < -0.3 is 0 Å². The number of hydrogen-bond donors (Lipinski definition) is 0. The number of halogens is 1. The van der Waals surface area contributed by atoms with E-state index in [0.29, 0.717) is 5.56 Å². The van der Waals surface area contributed by atoms with Crippen LogP contribution in [-0.2, 0) is 0 Å². The fraction of sp³-hybridized carbons (Fsp3) is 0.562. The standard InChI is InChI=1S/C16H21FN2/c1-11-5-6-15(17)13(7-11)14-10-19(16(2,3)4)9-12(14)8-18/h5-7,12,14H,9-10H2,1-4H3/t12-,14-/m1/s1. The van der Waals surface area contributed by atoms with E-state index in [1.807, 2.05) is 13.0 Å². The smallest absolute Gasteiger partial charge is 0.126 e. The van der Waals surface area contributed by atoms with Crippen LogP contribution in [0.1, 0.15) is 37.8 Å². The van der Waals surface area contributed by atoms with E-state index in [9.17, 15) is 9.65 Å². The van der Waals surface area contributed by atoms with Gasteiger partial charge in [-0.25, -0.2) is 4.39 Å². The molecule has 19 heavy (non-hydrogen) atoms. The second-order valence-electron chi connectivity index (χ2n) is 6.44. The molecule has 0 aromatic heterocycles. The van der Waals surface area contributed by atoms with Gasteiger partial charge in [0, 0.05) is 24.5 Å². The van der Waals surface area contributed by atoms with Crippen molar-refractivity contribution in [2.75, 3.05) is 13.1 Å². The molecule has 0 spiro atoms. The van der Waals surface area contributed by atoms with Crippen LogP contribution in [0.25, 0.3) is 0 Å². The van der Waals surface area contributed by atoms with Crippen LogP contribution in [0.2, 0.25) is 0 Å². The Balaban J connectivity index is 2.34. The van der Waals surface area contributed by atoms with Gasteiger partial charge in [-0.1, -0.05) is 17.7 Å². The lowest BCUT2D eigenvalue weighted by Gasteiger charge is -2.31. The van der Waals surface area contributed by atoms with E-state index in [-0.39, 0.29) is 23.2 Å². The molecule has 1 aliphatic heterocycles. The van der Waals surface area contributed by atoms with E-state index in [4.69, 9.17) is 0 Å². The number of aryl methyl sites for hydroxylation is 1. The minimum absolute atomic E-state index is 0.0180. The summed E-state index contributed by atoms with van der Waals surface area (Å²) >= 11 is 0. The van der Waals surface area contributed by atoms with Crippen molar-refractivity contribution in [2.24, 2.45) is 5.92 Å². The predicted octanol–water partition coefficient (Wildman–Crippen LogP) is 3.47. The van der Waals surface area contributed by atoms with E-state index < -0.39 is 0 Å². The molecule has 0 bridgehead atoms. The summed E-state index contributed by atoms with van der Waals surface area (Å²) in [6.07, 6.45) is 0. The van der Waals surface area contributed by atoms with E-state index in [2.05, 4.69) is 31.7 Å². The van der Waals surface area contributed by atoms with Gasteiger partial charge in [-0.15, -0.1) is 0 Å². The number of nitrogens with zero attached hydrogens (tertiary/aromatic N) is 2.